The van der Waals surface area contributed by atoms with E-state index in [0.717, 1.165) is 0 Å². The molecular weight excluding hydrogens is 347 g/mol. The van der Waals surface area contributed by atoms with E-state index in [4.69, 9.17) is 31.6 Å². The molecule has 0 amide bonds. The number of hydrogen-bond donors (Lipinski definition) is 1. The molecule has 1 N–H and O–H groups in total. The third kappa shape index (κ3) is 10.6. The minimum absolute atomic E-state index is 0.582. The van der Waals surface area contributed by atoms with Gasteiger partial charge in [0, 0.05) is 0 Å². The predicted octanol–water partition coefficient (Wildman–Crippen LogP) is 1.43. The van der Waals surface area contributed by atoms with E-state index in [1.54, 1.807) is 19.6 Å². The maximum Gasteiger partial charge on any atom is 0.390 e. The monoisotopic (exact) mass is 360 g/mol. The quantitative estimate of drug-likeness (QED) is 0.397. The Balaban J connectivity index is 4.34. The van der Waals surface area contributed by atoms with Gasteiger partial charge in [-0.1, -0.05) is 23.2 Å². The van der Waals surface area contributed by atoms with Crippen molar-refractivity contribution in [2.24, 2.45) is 0 Å². The first-order valence-electron chi connectivity index (χ1n) is 4.55. The van der Waals surface area contributed by atoms with E-state index < -0.39 is 47.6 Å². The molecule has 7 nitrogen and oxygen atoms in total. The highest BCUT2D eigenvalue weighted by molar-refractivity contribution is 7.83. The molecular formula is C6H14Cl2O7S2Si. The van der Waals surface area contributed by atoms with Crippen molar-refractivity contribution in [3.05, 3.63) is 0 Å². The van der Waals surface area contributed by atoms with Crippen molar-refractivity contribution in [1.82, 2.24) is 0 Å². The van der Waals surface area contributed by atoms with Crippen LogP contribution in [-0.4, -0.2) is 43.0 Å². The van der Waals surface area contributed by atoms with Gasteiger partial charge < -0.3 is 0 Å². The van der Waals surface area contributed by atoms with E-state index in [-0.39, 0.29) is 0 Å². The number of alkyl halides is 2. The minimum atomic E-state index is -4.21. The van der Waals surface area contributed by atoms with Crippen molar-refractivity contribution < 1.29 is 29.4 Å². The summed E-state index contributed by atoms with van der Waals surface area (Å²) in [6, 6.07) is 0. The van der Waals surface area contributed by atoms with Crippen LogP contribution in [-0.2, 0) is 34.0 Å². The fourth-order valence-electron chi connectivity index (χ4n) is 0.667. The van der Waals surface area contributed by atoms with Crippen LogP contribution in [0.2, 0.25) is 19.6 Å². The van der Waals surface area contributed by atoms with Gasteiger partial charge in [0.1, 0.15) is 13.2 Å². The van der Waals surface area contributed by atoms with E-state index in [1.807, 2.05) is 0 Å². The predicted molar refractivity (Wildman–Crippen MR) is 70.5 cm³/mol. The summed E-state index contributed by atoms with van der Waals surface area (Å²) in [4.78, 5) is 0. The molecule has 0 aromatic carbocycles. The summed E-state index contributed by atoms with van der Waals surface area (Å²) >= 11 is 8.69. The lowest BCUT2D eigenvalue weighted by Gasteiger charge is -2.20. The summed E-state index contributed by atoms with van der Waals surface area (Å²) in [6.07, 6.45) is 0. The summed E-state index contributed by atoms with van der Waals surface area (Å²) in [5, 5.41) is 0. The number of halogens is 2. The van der Waals surface area contributed by atoms with Crippen LogP contribution in [0.1, 0.15) is 0 Å². The van der Waals surface area contributed by atoms with E-state index in [1.165, 1.54) is 0 Å². The Morgan fingerprint density at radius 2 is 1.78 bits per heavy atom. The molecule has 0 aromatic rings. The largest absolute Gasteiger partial charge is 0.390 e. The van der Waals surface area contributed by atoms with Crippen molar-refractivity contribution in [2.45, 2.75) is 24.0 Å². The van der Waals surface area contributed by atoms with Gasteiger partial charge in [0.15, 0.2) is 4.33 Å². The van der Waals surface area contributed by atoms with Crippen molar-refractivity contribution in [3.8, 4) is 0 Å². The molecule has 0 aromatic heterocycles. The average molecular weight is 361 g/mol. The summed E-state index contributed by atoms with van der Waals surface area (Å²) in [5.41, 5.74) is 0. The summed E-state index contributed by atoms with van der Waals surface area (Å²) in [5.74, 6) is 0. The maximum atomic E-state index is 11.4. The fraction of sp³-hybridized carbons (Fsp3) is 1.00. The molecule has 0 aliphatic heterocycles. The molecule has 110 valence electrons. The molecule has 12 heteroatoms. The van der Waals surface area contributed by atoms with Crippen molar-refractivity contribution in [1.29, 1.82) is 0 Å². The molecule has 0 spiro atoms. The van der Waals surface area contributed by atoms with E-state index in [2.05, 4.69) is 8.37 Å². The molecule has 0 saturated heterocycles. The van der Waals surface area contributed by atoms with E-state index in [9.17, 15) is 12.6 Å². The number of rotatable bonds is 8. The second-order valence-corrected chi connectivity index (χ2v) is 12.5. The lowest BCUT2D eigenvalue weighted by molar-refractivity contribution is 0.221. The zero-order valence-corrected chi connectivity index (χ0v) is 14.0. The molecule has 0 fully saturated rings. The second kappa shape index (κ2) is 6.95. The Hall–Kier alpha value is 0.737. The van der Waals surface area contributed by atoms with Gasteiger partial charge in [0.2, 0.25) is 8.32 Å². The Kier molecular flexibility index (Phi) is 7.23. The van der Waals surface area contributed by atoms with Crippen LogP contribution >= 0.6 is 23.2 Å². The lowest BCUT2D eigenvalue weighted by Crippen LogP contribution is -2.34. The first-order chi connectivity index (χ1) is 7.83. The molecule has 0 bridgehead atoms. The number of hydrogen-bond acceptors (Lipinski definition) is 6. The average Bonchev–Trinajstić information content (AvgIpc) is 2.09. The molecule has 0 aliphatic rings. The Bertz CT molecular complexity index is 391. The van der Waals surface area contributed by atoms with Crippen molar-refractivity contribution in [2.75, 3.05) is 13.2 Å². The van der Waals surface area contributed by atoms with Gasteiger partial charge in [-0.15, -0.1) is 0 Å². The van der Waals surface area contributed by atoms with Crippen molar-refractivity contribution >= 4 is 53.3 Å². The zero-order chi connectivity index (χ0) is 14.6. The van der Waals surface area contributed by atoms with Gasteiger partial charge in [0.05, 0.1) is 0 Å². The summed E-state index contributed by atoms with van der Waals surface area (Å²) < 4.78 is 53.0. The second-order valence-electron chi connectivity index (χ2n) is 4.20. The van der Waals surface area contributed by atoms with E-state index in [0.29, 0.717) is 0 Å². The standard InChI is InChI=1S/C6H14Cl2O7S2Si/c1-18(2,3)15-17(11,12)14-5-6(7,8)4-13-16(9)10/h4-5H2,1-3H3,(H,9,10). The van der Waals surface area contributed by atoms with Gasteiger partial charge in [-0.05, 0) is 19.6 Å². The zero-order valence-electron chi connectivity index (χ0n) is 9.88. The van der Waals surface area contributed by atoms with Gasteiger partial charge in [-0.2, -0.15) is 12.6 Å². The lowest BCUT2D eigenvalue weighted by atomic mass is 10.5. The Morgan fingerprint density at radius 1 is 1.28 bits per heavy atom. The normalized spacial score (nSPS) is 15.7. The highest BCUT2D eigenvalue weighted by atomic mass is 35.5. The summed E-state index contributed by atoms with van der Waals surface area (Å²) in [6.45, 7) is 3.71. The third-order valence-electron chi connectivity index (χ3n) is 1.14. The summed E-state index contributed by atoms with van der Waals surface area (Å²) in [7, 11) is -6.56. The molecule has 18 heavy (non-hydrogen) atoms. The van der Waals surface area contributed by atoms with Gasteiger partial charge in [-0.3, -0.25) is 12.6 Å². The SMILES string of the molecule is C[Si](C)(C)OS(=O)(=O)OCC(Cl)(Cl)COS(=O)O. The van der Waals surface area contributed by atoms with Crippen LogP contribution in [0.25, 0.3) is 0 Å². The topological polar surface area (TPSA) is 99.1 Å². The van der Waals surface area contributed by atoms with Gasteiger partial charge in [-0.25, -0.2) is 4.18 Å². The maximum absolute atomic E-state index is 11.4. The third-order valence-corrected chi connectivity index (χ3v) is 5.12. The van der Waals surface area contributed by atoms with Crippen LogP contribution in [0, 0.1) is 0 Å². The molecule has 0 saturated carbocycles. The molecule has 0 aliphatic carbocycles. The van der Waals surface area contributed by atoms with Gasteiger partial charge >= 0.3 is 21.8 Å². The molecule has 1 atom stereocenters. The minimum Gasteiger partial charge on any atom is -0.294 e. The van der Waals surface area contributed by atoms with Crippen LogP contribution < -0.4 is 0 Å². The van der Waals surface area contributed by atoms with Crippen LogP contribution in [0.15, 0.2) is 0 Å². The molecule has 0 rings (SSSR count). The van der Waals surface area contributed by atoms with Gasteiger partial charge in [0.25, 0.3) is 0 Å². The molecule has 0 heterocycles. The highest BCUT2D eigenvalue weighted by Crippen LogP contribution is 2.23. The van der Waals surface area contributed by atoms with E-state index >= 15 is 0 Å². The first-order valence-corrected chi connectivity index (χ1v) is 11.1. The molecule has 0 radical (unpaired) electrons. The smallest absolute Gasteiger partial charge is 0.294 e. The van der Waals surface area contributed by atoms with Crippen LogP contribution in [0.5, 0.6) is 0 Å². The van der Waals surface area contributed by atoms with Crippen LogP contribution in [0.4, 0.5) is 0 Å². The van der Waals surface area contributed by atoms with Crippen LogP contribution in [0.3, 0.4) is 0 Å². The Labute approximate surface area is 120 Å². The fourth-order valence-corrected chi connectivity index (χ4v) is 4.43. The first kappa shape index (κ1) is 18.7. The van der Waals surface area contributed by atoms with Crippen molar-refractivity contribution in [3.63, 3.8) is 0 Å². The highest BCUT2D eigenvalue weighted by Gasteiger charge is 2.32. The molecule has 1 unspecified atom stereocenters. The Morgan fingerprint density at radius 3 is 2.17 bits per heavy atom.